The van der Waals surface area contributed by atoms with E-state index in [2.05, 4.69) is 24.5 Å². The predicted octanol–water partition coefficient (Wildman–Crippen LogP) is 2.94. The van der Waals surface area contributed by atoms with Gasteiger partial charge in [0.15, 0.2) is 0 Å². The van der Waals surface area contributed by atoms with E-state index in [4.69, 9.17) is 9.47 Å². The van der Waals surface area contributed by atoms with E-state index in [0.717, 1.165) is 30.0 Å². The Labute approximate surface area is 131 Å². The molecule has 5 heteroatoms. The third-order valence-electron chi connectivity index (χ3n) is 5.04. The molecule has 1 aliphatic heterocycles. The van der Waals surface area contributed by atoms with Gasteiger partial charge in [-0.05, 0) is 37.1 Å². The molecule has 1 aromatic carbocycles. The van der Waals surface area contributed by atoms with E-state index in [9.17, 15) is 4.79 Å². The maximum absolute atomic E-state index is 12.3. The highest BCUT2D eigenvalue weighted by Gasteiger charge is 2.59. The number of ether oxygens (including phenoxy) is 2. The van der Waals surface area contributed by atoms with Crippen LogP contribution in [0, 0.1) is 18.3 Å². The Kier molecular flexibility index (Phi) is 3.77. The molecule has 0 radical (unpaired) electrons. The fraction of sp³-hybridized carbons (Fsp3) is 0.588. The predicted molar refractivity (Wildman–Crippen MR) is 85.3 cm³/mol. The van der Waals surface area contributed by atoms with Crippen molar-refractivity contribution in [2.75, 3.05) is 19.0 Å². The number of rotatable bonds is 3. The average molecular weight is 304 g/mol. The van der Waals surface area contributed by atoms with E-state index in [-0.39, 0.29) is 23.6 Å². The monoisotopic (exact) mass is 304 g/mol. The van der Waals surface area contributed by atoms with Gasteiger partial charge in [-0.2, -0.15) is 0 Å². The Balaban J connectivity index is 1.62. The molecule has 22 heavy (non-hydrogen) atoms. The van der Waals surface area contributed by atoms with Crippen molar-refractivity contribution in [3.05, 3.63) is 23.8 Å². The smallest absolute Gasteiger partial charge is 0.319 e. The standard InChI is InChI=1S/C17H24N2O3/c1-10-9-11(5-6-13(10)21-4)18-16(20)19-14-12-7-8-22-15(12)17(14,2)3/h5-6,9,12,14-15H,7-8H2,1-4H3,(H2,18,19,20)/t12-,14-,15-/m1/s1. The highest BCUT2D eigenvalue weighted by Crippen LogP contribution is 2.52. The lowest BCUT2D eigenvalue weighted by Gasteiger charge is -2.54. The number of methoxy groups -OCH3 is 1. The summed E-state index contributed by atoms with van der Waals surface area (Å²) < 4.78 is 11.0. The minimum absolute atomic E-state index is 0.00562. The van der Waals surface area contributed by atoms with Crippen molar-refractivity contribution >= 4 is 11.7 Å². The van der Waals surface area contributed by atoms with Gasteiger partial charge in [-0.1, -0.05) is 13.8 Å². The first-order valence-corrected chi connectivity index (χ1v) is 7.77. The third kappa shape index (κ3) is 2.43. The van der Waals surface area contributed by atoms with E-state index < -0.39 is 0 Å². The largest absolute Gasteiger partial charge is 0.496 e. The van der Waals surface area contributed by atoms with Gasteiger partial charge in [-0.25, -0.2) is 4.79 Å². The van der Waals surface area contributed by atoms with Crippen LogP contribution in [0.4, 0.5) is 10.5 Å². The van der Waals surface area contributed by atoms with Gasteiger partial charge < -0.3 is 20.1 Å². The number of anilines is 1. The Bertz CT molecular complexity index is 585. The molecule has 1 saturated carbocycles. The SMILES string of the molecule is COc1ccc(NC(=O)N[C@@H]2[C@H]3CCO[C@H]3C2(C)C)cc1C. The number of urea groups is 1. The van der Waals surface area contributed by atoms with Crippen LogP contribution in [-0.4, -0.2) is 31.9 Å². The zero-order valence-electron chi connectivity index (χ0n) is 13.6. The number of nitrogens with one attached hydrogen (secondary N) is 2. The summed E-state index contributed by atoms with van der Waals surface area (Å²) in [6.07, 6.45) is 1.31. The molecule has 5 nitrogen and oxygen atoms in total. The van der Waals surface area contributed by atoms with E-state index >= 15 is 0 Å². The number of aryl methyl sites for hydroxylation is 1. The maximum atomic E-state index is 12.3. The van der Waals surface area contributed by atoms with Crippen LogP contribution in [0.3, 0.4) is 0 Å². The molecule has 2 fully saturated rings. The Hall–Kier alpha value is -1.75. The summed E-state index contributed by atoms with van der Waals surface area (Å²) in [4.78, 5) is 12.3. The maximum Gasteiger partial charge on any atom is 0.319 e. The fourth-order valence-corrected chi connectivity index (χ4v) is 3.88. The first-order valence-electron chi connectivity index (χ1n) is 7.77. The molecule has 3 rings (SSSR count). The van der Waals surface area contributed by atoms with E-state index in [1.165, 1.54) is 0 Å². The lowest BCUT2D eigenvalue weighted by Crippen LogP contribution is -2.67. The molecule has 1 aromatic rings. The molecule has 2 amide bonds. The molecule has 1 saturated heterocycles. The number of carbonyl (C=O) groups is 1. The van der Waals surface area contributed by atoms with Gasteiger partial charge in [0.25, 0.3) is 0 Å². The van der Waals surface area contributed by atoms with Crippen molar-refractivity contribution in [3.63, 3.8) is 0 Å². The molecule has 0 bridgehead atoms. The Morgan fingerprint density at radius 2 is 2.18 bits per heavy atom. The van der Waals surface area contributed by atoms with Gasteiger partial charge in [0.1, 0.15) is 5.75 Å². The molecule has 2 aliphatic rings. The van der Waals surface area contributed by atoms with Crippen LogP contribution in [0.5, 0.6) is 5.75 Å². The molecule has 3 atom stereocenters. The van der Waals surface area contributed by atoms with Crippen molar-refractivity contribution in [3.8, 4) is 5.75 Å². The number of fused-ring (bicyclic) bond motifs is 1. The second kappa shape index (κ2) is 5.47. The summed E-state index contributed by atoms with van der Waals surface area (Å²) in [6, 6.07) is 5.62. The van der Waals surface area contributed by atoms with Crippen molar-refractivity contribution in [1.29, 1.82) is 0 Å². The number of carbonyl (C=O) groups excluding carboxylic acids is 1. The van der Waals surface area contributed by atoms with E-state index in [1.54, 1.807) is 7.11 Å². The van der Waals surface area contributed by atoms with Crippen molar-refractivity contribution < 1.29 is 14.3 Å². The lowest BCUT2D eigenvalue weighted by atomic mass is 9.57. The first-order chi connectivity index (χ1) is 10.4. The number of hydrogen-bond donors (Lipinski definition) is 2. The minimum Gasteiger partial charge on any atom is -0.496 e. The summed E-state index contributed by atoms with van der Waals surface area (Å²) >= 11 is 0. The lowest BCUT2D eigenvalue weighted by molar-refractivity contribution is -0.107. The number of amides is 2. The molecule has 0 unspecified atom stereocenters. The van der Waals surface area contributed by atoms with Crippen LogP contribution in [-0.2, 0) is 4.74 Å². The van der Waals surface area contributed by atoms with Gasteiger partial charge in [0, 0.05) is 29.7 Å². The number of benzene rings is 1. The molecular weight excluding hydrogens is 280 g/mol. The molecule has 1 aliphatic carbocycles. The van der Waals surface area contributed by atoms with Crippen molar-refractivity contribution in [2.45, 2.75) is 39.3 Å². The highest BCUT2D eigenvalue weighted by molar-refractivity contribution is 5.89. The van der Waals surface area contributed by atoms with Crippen LogP contribution in [0.2, 0.25) is 0 Å². The average Bonchev–Trinajstić information content (AvgIpc) is 2.92. The summed E-state index contributed by atoms with van der Waals surface area (Å²) in [5, 5.41) is 6.02. The molecule has 0 spiro atoms. The summed E-state index contributed by atoms with van der Waals surface area (Å²) in [6.45, 7) is 7.07. The second-order valence-corrected chi connectivity index (χ2v) is 6.83. The van der Waals surface area contributed by atoms with Gasteiger partial charge in [-0.15, -0.1) is 0 Å². The molecular formula is C17H24N2O3. The van der Waals surface area contributed by atoms with Gasteiger partial charge >= 0.3 is 6.03 Å². The zero-order chi connectivity index (χ0) is 15.9. The topological polar surface area (TPSA) is 59.6 Å². The molecule has 1 heterocycles. The Morgan fingerprint density at radius 1 is 1.41 bits per heavy atom. The van der Waals surface area contributed by atoms with Crippen molar-refractivity contribution in [1.82, 2.24) is 5.32 Å². The van der Waals surface area contributed by atoms with Gasteiger partial charge in [0.05, 0.1) is 13.2 Å². The first kappa shape index (κ1) is 15.2. The molecule has 0 aromatic heterocycles. The van der Waals surface area contributed by atoms with Gasteiger partial charge in [-0.3, -0.25) is 0 Å². The minimum atomic E-state index is -0.159. The normalized spacial score (nSPS) is 28.5. The molecule has 2 N–H and O–H groups in total. The van der Waals surface area contributed by atoms with Crippen LogP contribution in [0.25, 0.3) is 0 Å². The summed E-state index contributed by atoms with van der Waals surface area (Å²) in [7, 11) is 1.64. The zero-order valence-corrected chi connectivity index (χ0v) is 13.6. The fourth-order valence-electron chi connectivity index (χ4n) is 3.88. The Morgan fingerprint density at radius 3 is 2.86 bits per heavy atom. The van der Waals surface area contributed by atoms with Gasteiger partial charge in [0.2, 0.25) is 0 Å². The van der Waals surface area contributed by atoms with E-state index in [1.807, 2.05) is 25.1 Å². The highest BCUT2D eigenvalue weighted by atomic mass is 16.5. The molecule has 120 valence electrons. The quantitative estimate of drug-likeness (QED) is 0.902. The van der Waals surface area contributed by atoms with E-state index in [0.29, 0.717) is 5.92 Å². The third-order valence-corrected chi connectivity index (χ3v) is 5.04. The second-order valence-electron chi connectivity index (χ2n) is 6.83. The van der Waals surface area contributed by atoms with Crippen LogP contribution >= 0.6 is 0 Å². The van der Waals surface area contributed by atoms with Crippen LogP contribution < -0.4 is 15.4 Å². The summed E-state index contributed by atoms with van der Waals surface area (Å²) in [5.74, 6) is 1.26. The van der Waals surface area contributed by atoms with Crippen molar-refractivity contribution in [2.24, 2.45) is 11.3 Å². The summed E-state index contributed by atoms with van der Waals surface area (Å²) in [5.41, 5.74) is 1.76. The van der Waals surface area contributed by atoms with Crippen LogP contribution in [0.1, 0.15) is 25.8 Å². The number of hydrogen-bond acceptors (Lipinski definition) is 3. The van der Waals surface area contributed by atoms with Crippen LogP contribution in [0.15, 0.2) is 18.2 Å².